The van der Waals surface area contributed by atoms with Crippen molar-refractivity contribution in [2.75, 3.05) is 27.2 Å². The fourth-order valence-electron chi connectivity index (χ4n) is 3.52. The Balaban J connectivity index is 0. The number of nitrogens with zero attached hydrogens (tertiary/aromatic N) is 1. The first-order valence-corrected chi connectivity index (χ1v) is 11.0. The molecule has 3 nitrogen and oxygen atoms in total. The van der Waals surface area contributed by atoms with Crippen molar-refractivity contribution in [3.63, 3.8) is 0 Å². The molecule has 0 rings (SSSR count). The van der Waals surface area contributed by atoms with Crippen LogP contribution in [0.25, 0.3) is 0 Å². The number of carbonyl (C=O) groups is 1. The molecule has 0 aromatic rings. The number of carbonyl (C=O) groups excluding carboxylic acids is 1. The maximum atomic E-state index is 10.7. The van der Waals surface area contributed by atoms with E-state index < -0.39 is 5.97 Å². The van der Waals surface area contributed by atoms with Gasteiger partial charge in [-0.05, 0) is 12.8 Å². The van der Waals surface area contributed by atoms with Gasteiger partial charge in [0.15, 0.2) is 0 Å². The molecule has 4 heteroatoms. The van der Waals surface area contributed by atoms with Crippen LogP contribution in [-0.2, 0) is 4.79 Å². The van der Waals surface area contributed by atoms with Gasteiger partial charge in [0, 0.05) is 0 Å². The number of carboxylic acids is 1. The van der Waals surface area contributed by atoms with Crippen molar-refractivity contribution in [1.82, 2.24) is 0 Å². The number of carboxylic acid groups (broad SMARTS) is 1. The van der Waals surface area contributed by atoms with Crippen LogP contribution in [0.1, 0.15) is 110 Å². The van der Waals surface area contributed by atoms with Gasteiger partial charge in [0.05, 0.1) is 26.6 Å². The molecule has 0 saturated heterocycles. The fraction of sp³-hybridized carbons (Fsp3) is 0.955. The molecule has 0 aliphatic rings. The second-order valence-electron chi connectivity index (χ2n) is 8.49. The topological polar surface area (TPSA) is 40.1 Å². The maximum absolute atomic E-state index is 10.7. The van der Waals surface area contributed by atoms with Crippen LogP contribution in [-0.4, -0.2) is 67.2 Å². The molecule has 0 radical (unpaired) electrons. The van der Waals surface area contributed by atoms with Gasteiger partial charge >= 0.3 is 29.6 Å². The zero-order valence-corrected chi connectivity index (χ0v) is 17.5. The first-order chi connectivity index (χ1) is 12.0. The monoisotopic (exact) mass is 379 g/mol. The molecule has 0 aromatic heterocycles. The molecular weight excluding hydrogens is 333 g/mol. The number of hydrogen-bond acceptors (Lipinski definition) is 2. The number of quaternary nitrogens is 1. The fourth-order valence-corrected chi connectivity index (χ4v) is 3.52. The third-order valence-corrected chi connectivity index (χ3v) is 5.17. The summed E-state index contributed by atoms with van der Waals surface area (Å²) in [5.41, 5.74) is 0. The van der Waals surface area contributed by atoms with Gasteiger partial charge in [-0.25, -0.2) is 0 Å². The Bertz CT molecular complexity index is 309. The Morgan fingerprint density at radius 3 is 1.27 bits per heavy atom. The van der Waals surface area contributed by atoms with Crippen LogP contribution < -0.4 is 5.11 Å². The van der Waals surface area contributed by atoms with E-state index in [1.165, 1.54) is 96.3 Å². The second-order valence-corrected chi connectivity index (χ2v) is 8.49. The van der Waals surface area contributed by atoms with Crippen molar-refractivity contribution in [1.29, 1.82) is 0 Å². The quantitative estimate of drug-likeness (QED) is 0.189. The molecule has 0 spiro atoms. The molecule has 0 fully saturated rings. The van der Waals surface area contributed by atoms with Crippen molar-refractivity contribution >= 4 is 35.5 Å². The average molecular weight is 380 g/mol. The van der Waals surface area contributed by atoms with E-state index in [1.54, 1.807) is 0 Å². The van der Waals surface area contributed by atoms with Gasteiger partial charge in [-0.15, -0.1) is 0 Å². The summed E-state index contributed by atoms with van der Waals surface area (Å²) in [6.07, 6.45) is 22.0. The van der Waals surface area contributed by atoms with Gasteiger partial charge in [-0.3, -0.25) is 0 Å². The van der Waals surface area contributed by atoms with E-state index in [-0.39, 0.29) is 36.1 Å². The molecule has 0 aliphatic carbocycles. The Hall–Kier alpha value is 0.430. The van der Waals surface area contributed by atoms with E-state index in [0.717, 1.165) is 13.0 Å². The van der Waals surface area contributed by atoms with Gasteiger partial charge in [0.25, 0.3) is 0 Å². The third kappa shape index (κ3) is 22.5. The van der Waals surface area contributed by atoms with Gasteiger partial charge < -0.3 is 14.4 Å². The molecule has 0 unspecified atom stereocenters. The molecule has 0 aromatic carbocycles. The summed E-state index contributed by atoms with van der Waals surface area (Å²) in [5.74, 6) is -0.943. The van der Waals surface area contributed by atoms with Crippen LogP contribution in [0.3, 0.4) is 0 Å². The van der Waals surface area contributed by atoms with Crippen LogP contribution in [0.5, 0.6) is 0 Å². The molecule has 0 N–H and O–H groups in total. The normalized spacial score (nSPS) is 11.3. The van der Waals surface area contributed by atoms with Gasteiger partial charge in [0.2, 0.25) is 0 Å². The summed E-state index contributed by atoms with van der Waals surface area (Å²) in [5, 5.41) is 10.7. The standard InChI is InChI=1S/C22H45NO2.Na.H/c1-4-5-6-7-8-9-10-11-12-13-14-15-16-17-18-19-20-23(2,3)21-22(24)25;;/h4-21H2,1-3H3;;. The number of rotatable bonds is 19. The van der Waals surface area contributed by atoms with E-state index in [2.05, 4.69) is 6.92 Å². The van der Waals surface area contributed by atoms with Crippen molar-refractivity contribution < 1.29 is 14.4 Å². The number of likely N-dealkylation sites (N-methyl/N-ethyl adjacent to an activating group) is 1. The minimum atomic E-state index is -0.943. The van der Waals surface area contributed by atoms with Crippen LogP contribution in [0.15, 0.2) is 0 Å². The molecule has 26 heavy (non-hydrogen) atoms. The predicted molar refractivity (Wildman–Crippen MR) is 114 cm³/mol. The summed E-state index contributed by atoms with van der Waals surface area (Å²) in [6, 6.07) is 0. The summed E-state index contributed by atoms with van der Waals surface area (Å²) in [7, 11) is 3.95. The van der Waals surface area contributed by atoms with Crippen molar-refractivity contribution in [2.24, 2.45) is 0 Å². The Kier molecular flexibility index (Phi) is 22.2. The average Bonchev–Trinajstić information content (AvgIpc) is 2.53. The second kappa shape index (κ2) is 20.2. The Labute approximate surface area is 186 Å². The van der Waals surface area contributed by atoms with Crippen molar-refractivity contribution in [2.45, 2.75) is 110 Å². The molecule has 0 amide bonds. The molecule has 0 aliphatic heterocycles. The van der Waals surface area contributed by atoms with Crippen LogP contribution in [0.4, 0.5) is 0 Å². The summed E-state index contributed by atoms with van der Waals surface area (Å²) < 4.78 is 0.543. The summed E-state index contributed by atoms with van der Waals surface area (Å²) in [6.45, 7) is 3.34. The number of hydrogen-bond donors (Lipinski definition) is 0. The number of aliphatic carboxylic acids is 1. The van der Waals surface area contributed by atoms with E-state index in [0.29, 0.717) is 4.48 Å². The molecule has 152 valence electrons. The zero-order chi connectivity index (χ0) is 18.8. The Morgan fingerprint density at radius 2 is 0.962 bits per heavy atom. The van der Waals surface area contributed by atoms with Crippen molar-refractivity contribution in [3.8, 4) is 0 Å². The first-order valence-electron chi connectivity index (χ1n) is 11.0. The minimum absolute atomic E-state index is 0. The van der Waals surface area contributed by atoms with Crippen LogP contribution in [0.2, 0.25) is 0 Å². The summed E-state index contributed by atoms with van der Waals surface area (Å²) in [4.78, 5) is 10.7. The van der Waals surface area contributed by atoms with E-state index in [1.807, 2.05) is 14.1 Å². The van der Waals surface area contributed by atoms with Gasteiger partial charge in [-0.2, -0.15) is 0 Å². The Morgan fingerprint density at radius 1 is 0.654 bits per heavy atom. The molecule has 0 atom stereocenters. The van der Waals surface area contributed by atoms with Gasteiger partial charge in [-0.1, -0.05) is 96.8 Å². The molecule has 0 bridgehead atoms. The molecule has 0 saturated carbocycles. The zero-order valence-electron chi connectivity index (χ0n) is 17.5. The van der Waals surface area contributed by atoms with E-state index >= 15 is 0 Å². The third-order valence-electron chi connectivity index (χ3n) is 5.17. The molecule has 0 heterocycles. The van der Waals surface area contributed by atoms with Crippen LogP contribution in [0, 0.1) is 0 Å². The molecular formula is C22H46NNaO2. The van der Waals surface area contributed by atoms with Crippen LogP contribution >= 0.6 is 0 Å². The van der Waals surface area contributed by atoms with Crippen molar-refractivity contribution in [3.05, 3.63) is 0 Å². The van der Waals surface area contributed by atoms with E-state index in [9.17, 15) is 9.90 Å². The summed E-state index contributed by atoms with van der Waals surface area (Å²) >= 11 is 0. The van der Waals surface area contributed by atoms with E-state index in [4.69, 9.17) is 0 Å². The first kappa shape index (κ1) is 28.6. The van der Waals surface area contributed by atoms with Gasteiger partial charge in [0.1, 0.15) is 6.54 Å². The predicted octanol–water partition coefficient (Wildman–Crippen LogP) is 4.43. The SMILES string of the molecule is CCCCCCCCCCCCCCCCCC[N+](C)(C)CC(=O)[O-].[NaH]. The number of unbranched alkanes of at least 4 members (excludes halogenated alkanes) is 15.